The SMILES string of the molecule is CCNC(=NCc1ncc(C(C)(C)C)o1)NCCc1ccc(Cl)s1.I. The zero-order chi connectivity index (χ0) is 17.6. The highest BCUT2D eigenvalue weighted by atomic mass is 127. The first-order chi connectivity index (χ1) is 11.4. The van der Waals surface area contributed by atoms with Gasteiger partial charge in [-0.25, -0.2) is 9.98 Å². The third kappa shape index (κ3) is 7.53. The molecule has 2 aromatic heterocycles. The Kier molecular flexibility index (Phi) is 9.23. The van der Waals surface area contributed by atoms with Gasteiger partial charge in [-0.15, -0.1) is 35.3 Å². The van der Waals surface area contributed by atoms with Crippen LogP contribution < -0.4 is 10.6 Å². The predicted octanol–water partition coefficient (Wildman–Crippen LogP) is 4.60. The number of nitrogens with one attached hydrogen (secondary N) is 2. The highest BCUT2D eigenvalue weighted by Crippen LogP contribution is 2.23. The zero-order valence-corrected chi connectivity index (χ0v) is 19.0. The van der Waals surface area contributed by atoms with E-state index < -0.39 is 0 Å². The Morgan fingerprint density at radius 2 is 2.08 bits per heavy atom. The van der Waals surface area contributed by atoms with Gasteiger partial charge in [0.05, 0.1) is 10.5 Å². The summed E-state index contributed by atoms with van der Waals surface area (Å²) >= 11 is 7.56. The molecule has 0 aliphatic rings. The molecular weight excluding hydrogens is 471 g/mol. The molecule has 2 heterocycles. The highest BCUT2D eigenvalue weighted by molar-refractivity contribution is 14.0. The van der Waals surface area contributed by atoms with Gasteiger partial charge in [0.1, 0.15) is 12.3 Å². The Balaban J connectivity index is 0.00000312. The van der Waals surface area contributed by atoms with E-state index in [1.165, 1.54) is 4.88 Å². The molecule has 0 unspecified atom stereocenters. The first-order valence-electron chi connectivity index (χ1n) is 8.10. The lowest BCUT2D eigenvalue weighted by molar-refractivity contribution is 0.383. The van der Waals surface area contributed by atoms with E-state index in [1.807, 2.05) is 13.0 Å². The summed E-state index contributed by atoms with van der Waals surface area (Å²) in [6, 6.07) is 3.98. The molecule has 0 atom stereocenters. The summed E-state index contributed by atoms with van der Waals surface area (Å²) in [6.45, 7) is 10.3. The number of guanidine groups is 1. The lowest BCUT2D eigenvalue weighted by atomic mass is 9.94. The van der Waals surface area contributed by atoms with E-state index in [9.17, 15) is 0 Å². The number of halogens is 2. The second-order valence-electron chi connectivity index (χ2n) is 6.45. The number of aromatic nitrogens is 1. The van der Waals surface area contributed by atoms with E-state index in [-0.39, 0.29) is 29.4 Å². The maximum Gasteiger partial charge on any atom is 0.216 e. The van der Waals surface area contributed by atoms with Crippen LogP contribution in [0, 0.1) is 0 Å². The van der Waals surface area contributed by atoms with Gasteiger partial charge in [-0.3, -0.25) is 0 Å². The topological polar surface area (TPSA) is 62.5 Å². The summed E-state index contributed by atoms with van der Waals surface area (Å²) in [5, 5.41) is 6.55. The van der Waals surface area contributed by atoms with E-state index >= 15 is 0 Å². The number of hydrogen-bond donors (Lipinski definition) is 2. The van der Waals surface area contributed by atoms with Crippen LogP contribution in [0.3, 0.4) is 0 Å². The molecule has 2 N–H and O–H groups in total. The van der Waals surface area contributed by atoms with Gasteiger partial charge in [0, 0.05) is 23.4 Å². The van der Waals surface area contributed by atoms with Crippen molar-refractivity contribution in [1.82, 2.24) is 15.6 Å². The number of hydrogen-bond acceptors (Lipinski definition) is 4. The minimum absolute atomic E-state index is 0. The maximum absolute atomic E-state index is 5.95. The standard InChI is InChI=1S/C17H25ClN4OS.HI/c1-5-19-16(20-9-8-12-6-7-14(18)24-12)22-11-15-21-10-13(23-15)17(2,3)4;/h6-7,10H,5,8-9,11H2,1-4H3,(H2,19,20,22);1H. The zero-order valence-electron chi connectivity index (χ0n) is 15.1. The molecular formula is C17H26ClIN4OS. The molecule has 0 radical (unpaired) electrons. The van der Waals surface area contributed by atoms with Crippen LogP contribution in [0.25, 0.3) is 0 Å². The molecule has 8 heteroatoms. The van der Waals surface area contributed by atoms with Gasteiger partial charge in [-0.05, 0) is 25.5 Å². The summed E-state index contributed by atoms with van der Waals surface area (Å²) in [6.07, 6.45) is 2.70. The van der Waals surface area contributed by atoms with E-state index in [0.717, 1.165) is 35.6 Å². The van der Waals surface area contributed by atoms with E-state index in [0.29, 0.717) is 12.4 Å². The Hall–Kier alpha value is -0.800. The Bertz CT molecular complexity index is 678. The van der Waals surface area contributed by atoms with Gasteiger partial charge < -0.3 is 15.1 Å². The van der Waals surface area contributed by atoms with Crippen LogP contribution in [-0.4, -0.2) is 24.0 Å². The Morgan fingerprint density at radius 1 is 1.32 bits per heavy atom. The third-order valence-corrected chi connectivity index (χ3v) is 4.59. The van der Waals surface area contributed by atoms with Crippen LogP contribution in [0.4, 0.5) is 0 Å². The third-order valence-electron chi connectivity index (χ3n) is 3.30. The maximum atomic E-state index is 5.95. The molecule has 5 nitrogen and oxygen atoms in total. The second-order valence-corrected chi connectivity index (χ2v) is 8.25. The molecule has 2 aromatic rings. The number of thiophene rings is 1. The van der Waals surface area contributed by atoms with Crippen molar-refractivity contribution in [1.29, 1.82) is 0 Å². The number of nitrogens with zero attached hydrogens (tertiary/aromatic N) is 2. The van der Waals surface area contributed by atoms with Gasteiger partial charge in [-0.1, -0.05) is 32.4 Å². The Morgan fingerprint density at radius 3 is 2.64 bits per heavy atom. The molecule has 0 spiro atoms. The monoisotopic (exact) mass is 496 g/mol. The normalized spacial score (nSPS) is 12.0. The van der Waals surface area contributed by atoms with Gasteiger partial charge in [-0.2, -0.15) is 0 Å². The molecule has 2 rings (SSSR count). The number of aliphatic imine (C=N–C) groups is 1. The molecule has 0 fully saturated rings. The molecule has 0 aliphatic heterocycles. The first-order valence-corrected chi connectivity index (χ1v) is 9.29. The first kappa shape index (κ1) is 22.2. The average Bonchev–Trinajstić information content (AvgIpc) is 3.13. The minimum Gasteiger partial charge on any atom is -0.443 e. The van der Waals surface area contributed by atoms with Crippen molar-refractivity contribution < 1.29 is 4.42 Å². The molecule has 0 aliphatic carbocycles. The van der Waals surface area contributed by atoms with Crippen LogP contribution >= 0.6 is 46.9 Å². The van der Waals surface area contributed by atoms with E-state index in [4.69, 9.17) is 16.0 Å². The molecule has 0 bridgehead atoms. The fourth-order valence-corrected chi connectivity index (χ4v) is 3.10. The van der Waals surface area contributed by atoms with Crippen LogP contribution in [0.1, 0.15) is 44.2 Å². The minimum atomic E-state index is -0.0420. The summed E-state index contributed by atoms with van der Waals surface area (Å²) < 4.78 is 6.59. The van der Waals surface area contributed by atoms with Crippen molar-refractivity contribution in [3.63, 3.8) is 0 Å². The van der Waals surface area contributed by atoms with E-state index in [2.05, 4.69) is 47.4 Å². The van der Waals surface area contributed by atoms with Gasteiger partial charge in [0.25, 0.3) is 0 Å². The van der Waals surface area contributed by atoms with Gasteiger partial charge in [0.15, 0.2) is 5.96 Å². The average molecular weight is 497 g/mol. The van der Waals surface area contributed by atoms with Crippen LogP contribution in [0.5, 0.6) is 0 Å². The molecule has 0 saturated carbocycles. The predicted molar refractivity (Wildman–Crippen MR) is 116 cm³/mol. The lowest BCUT2D eigenvalue weighted by Crippen LogP contribution is -2.38. The van der Waals surface area contributed by atoms with Crippen molar-refractivity contribution in [2.24, 2.45) is 4.99 Å². The molecule has 140 valence electrons. The van der Waals surface area contributed by atoms with Crippen molar-refractivity contribution in [3.8, 4) is 0 Å². The summed E-state index contributed by atoms with van der Waals surface area (Å²) in [5.74, 6) is 2.26. The highest BCUT2D eigenvalue weighted by Gasteiger charge is 2.18. The summed E-state index contributed by atoms with van der Waals surface area (Å²) in [4.78, 5) is 10.1. The molecule has 0 aromatic carbocycles. The largest absolute Gasteiger partial charge is 0.443 e. The fraction of sp³-hybridized carbons (Fsp3) is 0.529. The van der Waals surface area contributed by atoms with Crippen molar-refractivity contribution in [2.75, 3.05) is 13.1 Å². The van der Waals surface area contributed by atoms with Crippen LogP contribution in [-0.2, 0) is 18.4 Å². The molecule has 0 saturated heterocycles. The van der Waals surface area contributed by atoms with Crippen LogP contribution in [0.2, 0.25) is 4.34 Å². The van der Waals surface area contributed by atoms with Crippen molar-refractivity contribution >= 4 is 52.9 Å². The van der Waals surface area contributed by atoms with Crippen molar-refractivity contribution in [3.05, 3.63) is 39.2 Å². The fourth-order valence-electron chi connectivity index (χ4n) is 2.01. The molecule has 0 amide bonds. The number of oxazole rings is 1. The molecule has 25 heavy (non-hydrogen) atoms. The summed E-state index contributed by atoms with van der Waals surface area (Å²) in [5.41, 5.74) is -0.0420. The van der Waals surface area contributed by atoms with E-state index in [1.54, 1.807) is 17.5 Å². The lowest BCUT2D eigenvalue weighted by Gasteiger charge is -2.13. The number of rotatable bonds is 6. The quantitative estimate of drug-likeness (QED) is 0.348. The smallest absolute Gasteiger partial charge is 0.216 e. The van der Waals surface area contributed by atoms with Crippen LogP contribution in [0.15, 0.2) is 27.7 Å². The van der Waals surface area contributed by atoms with Gasteiger partial charge >= 0.3 is 0 Å². The Labute approximate surface area is 175 Å². The van der Waals surface area contributed by atoms with Crippen molar-refractivity contribution in [2.45, 2.75) is 46.1 Å². The second kappa shape index (κ2) is 10.4. The van der Waals surface area contributed by atoms with Gasteiger partial charge in [0.2, 0.25) is 5.89 Å². The summed E-state index contributed by atoms with van der Waals surface area (Å²) in [7, 11) is 0.